The fraction of sp³-hybridized carbons (Fsp3) is 0.0588. The molecule has 0 aliphatic carbocycles. The van der Waals surface area contributed by atoms with Gasteiger partial charge in [-0.1, -0.05) is 63.9 Å². The number of hydrogen-bond donors (Lipinski definition) is 0. The Hall–Kier alpha value is -1.71. The fourth-order valence-corrected chi connectivity index (χ4v) is 2.83. The molecule has 0 aliphatic rings. The second-order valence-corrected chi connectivity index (χ2v) is 6.05. The molecule has 21 heavy (non-hydrogen) atoms. The average molecular weight is 361 g/mol. The predicted octanol–water partition coefficient (Wildman–Crippen LogP) is 5.08. The minimum absolute atomic E-state index is 0.0357. The molecule has 0 atom stereocenters. The number of carbonyl (C=O) groups excluding carboxylic acids is 1. The van der Waals surface area contributed by atoms with Gasteiger partial charge in [0.05, 0.1) is 22.7 Å². The molecule has 0 spiro atoms. The molecule has 2 aromatic carbocycles. The number of nitrogens with zero attached hydrogens (tertiary/aromatic N) is 1. The Balaban J connectivity index is 1.96. The van der Waals surface area contributed by atoms with E-state index in [0.29, 0.717) is 16.3 Å². The van der Waals surface area contributed by atoms with Crippen LogP contribution in [-0.4, -0.2) is 10.8 Å². The zero-order valence-electron chi connectivity index (χ0n) is 11.0. The Morgan fingerprint density at radius 3 is 2.62 bits per heavy atom. The van der Waals surface area contributed by atoms with E-state index in [4.69, 9.17) is 11.6 Å². The lowest BCUT2D eigenvalue weighted by atomic mass is 10.1. The second-order valence-electron chi connectivity index (χ2n) is 4.72. The summed E-state index contributed by atoms with van der Waals surface area (Å²) < 4.78 is 0.935. The first kappa shape index (κ1) is 14.2. The average Bonchev–Trinajstić information content (AvgIpc) is 2.47. The van der Waals surface area contributed by atoms with E-state index in [1.54, 1.807) is 6.07 Å². The van der Waals surface area contributed by atoms with E-state index in [2.05, 4.69) is 20.9 Å². The Morgan fingerprint density at radius 1 is 1.10 bits per heavy atom. The van der Waals surface area contributed by atoms with Crippen molar-refractivity contribution >= 4 is 44.2 Å². The van der Waals surface area contributed by atoms with Crippen LogP contribution in [0.25, 0.3) is 10.9 Å². The lowest BCUT2D eigenvalue weighted by Gasteiger charge is -2.06. The molecule has 0 radical (unpaired) electrons. The van der Waals surface area contributed by atoms with Gasteiger partial charge in [0.15, 0.2) is 5.78 Å². The van der Waals surface area contributed by atoms with Crippen molar-refractivity contribution < 1.29 is 4.79 Å². The van der Waals surface area contributed by atoms with Crippen LogP contribution in [0.3, 0.4) is 0 Å². The van der Waals surface area contributed by atoms with Gasteiger partial charge in [-0.3, -0.25) is 9.78 Å². The number of rotatable bonds is 3. The van der Waals surface area contributed by atoms with Crippen molar-refractivity contribution in [2.75, 3.05) is 0 Å². The number of fused-ring (bicyclic) bond motifs is 1. The van der Waals surface area contributed by atoms with Gasteiger partial charge in [0, 0.05) is 15.4 Å². The van der Waals surface area contributed by atoms with Gasteiger partial charge in [-0.15, -0.1) is 0 Å². The highest BCUT2D eigenvalue weighted by molar-refractivity contribution is 9.10. The van der Waals surface area contributed by atoms with E-state index in [0.717, 1.165) is 15.4 Å². The first-order valence-electron chi connectivity index (χ1n) is 6.46. The van der Waals surface area contributed by atoms with Crippen LogP contribution >= 0.6 is 27.5 Å². The summed E-state index contributed by atoms with van der Waals surface area (Å²) in [6.07, 6.45) is 0.242. The Bertz CT molecular complexity index is 818. The topological polar surface area (TPSA) is 30.0 Å². The summed E-state index contributed by atoms with van der Waals surface area (Å²) in [7, 11) is 0. The monoisotopic (exact) mass is 359 g/mol. The number of aromatic nitrogens is 1. The standard InChI is InChI=1S/C17H11BrClNO/c18-12-6-7-14-15(19)9-13(20-16(14)8-12)10-17(21)11-4-2-1-3-5-11/h1-9H,10H2. The normalized spacial score (nSPS) is 10.8. The van der Waals surface area contributed by atoms with Gasteiger partial charge >= 0.3 is 0 Å². The van der Waals surface area contributed by atoms with Gasteiger partial charge in [0.1, 0.15) is 0 Å². The maximum absolute atomic E-state index is 12.2. The maximum Gasteiger partial charge on any atom is 0.168 e. The van der Waals surface area contributed by atoms with Crippen LogP contribution in [0.1, 0.15) is 16.1 Å². The van der Waals surface area contributed by atoms with E-state index in [1.807, 2.05) is 48.5 Å². The molecule has 0 amide bonds. The molecule has 4 heteroatoms. The molecule has 0 fully saturated rings. The van der Waals surface area contributed by atoms with Crippen molar-refractivity contribution in [1.29, 1.82) is 0 Å². The largest absolute Gasteiger partial charge is 0.294 e. The van der Waals surface area contributed by atoms with Crippen molar-refractivity contribution in [3.05, 3.63) is 75.4 Å². The quantitative estimate of drug-likeness (QED) is 0.610. The molecule has 0 saturated heterocycles. The van der Waals surface area contributed by atoms with Crippen LogP contribution in [0.15, 0.2) is 59.1 Å². The number of hydrogen-bond acceptors (Lipinski definition) is 2. The minimum atomic E-state index is 0.0357. The van der Waals surface area contributed by atoms with Crippen molar-refractivity contribution in [2.45, 2.75) is 6.42 Å². The van der Waals surface area contributed by atoms with Gasteiger partial charge in [0.2, 0.25) is 0 Å². The highest BCUT2D eigenvalue weighted by Gasteiger charge is 2.10. The second kappa shape index (κ2) is 5.96. The molecule has 104 valence electrons. The van der Waals surface area contributed by atoms with Crippen LogP contribution in [0, 0.1) is 0 Å². The van der Waals surface area contributed by atoms with Crippen molar-refractivity contribution in [2.24, 2.45) is 0 Å². The van der Waals surface area contributed by atoms with Gasteiger partial charge in [0.25, 0.3) is 0 Å². The van der Waals surface area contributed by atoms with Gasteiger partial charge < -0.3 is 0 Å². The van der Waals surface area contributed by atoms with Gasteiger partial charge in [-0.25, -0.2) is 0 Å². The number of Topliss-reactive ketones (excluding diaryl/α,β-unsaturated/α-hetero) is 1. The highest BCUT2D eigenvalue weighted by Crippen LogP contribution is 2.26. The van der Waals surface area contributed by atoms with Crippen LogP contribution in [-0.2, 0) is 6.42 Å². The molecule has 1 aromatic heterocycles. The van der Waals surface area contributed by atoms with Crippen LogP contribution in [0.5, 0.6) is 0 Å². The van der Waals surface area contributed by atoms with Crippen molar-refractivity contribution in [1.82, 2.24) is 4.98 Å². The highest BCUT2D eigenvalue weighted by atomic mass is 79.9. The molecule has 0 N–H and O–H groups in total. The summed E-state index contributed by atoms with van der Waals surface area (Å²) in [6, 6.07) is 16.7. The number of carbonyl (C=O) groups is 1. The molecule has 0 aliphatic heterocycles. The minimum Gasteiger partial charge on any atom is -0.294 e. The summed E-state index contributed by atoms with van der Waals surface area (Å²) in [5.74, 6) is 0.0357. The first-order chi connectivity index (χ1) is 10.1. The first-order valence-corrected chi connectivity index (χ1v) is 7.63. The summed E-state index contributed by atoms with van der Waals surface area (Å²) in [6.45, 7) is 0. The molecule has 2 nitrogen and oxygen atoms in total. The maximum atomic E-state index is 12.2. The predicted molar refractivity (Wildman–Crippen MR) is 88.9 cm³/mol. The summed E-state index contributed by atoms with van der Waals surface area (Å²) in [5, 5.41) is 1.50. The molecule has 0 saturated carbocycles. The summed E-state index contributed by atoms with van der Waals surface area (Å²) in [4.78, 5) is 16.8. The molecule has 3 aromatic rings. The third-order valence-electron chi connectivity index (χ3n) is 3.21. The van der Waals surface area contributed by atoms with Crippen LogP contribution < -0.4 is 0 Å². The lowest BCUT2D eigenvalue weighted by Crippen LogP contribution is -2.05. The van der Waals surface area contributed by atoms with Crippen molar-refractivity contribution in [3.63, 3.8) is 0 Å². The lowest BCUT2D eigenvalue weighted by molar-refractivity contribution is 0.0992. The molecule has 0 bridgehead atoms. The number of ketones is 1. The third-order valence-corrected chi connectivity index (χ3v) is 4.02. The van der Waals surface area contributed by atoms with Gasteiger partial charge in [-0.05, 0) is 18.2 Å². The number of benzene rings is 2. The van der Waals surface area contributed by atoms with E-state index in [1.165, 1.54) is 0 Å². The van der Waals surface area contributed by atoms with E-state index >= 15 is 0 Å². The van der Waals surface area contributed by atoms with E-state index in [-0.39, 0.29) is 12.2 Å². The molecule has 1 heterocycles. The molecule has 3 rings (SSSR count). The summed E-state index contributed by atoms with van der Waals surface area (Å²) >= 11 is 9.70. The Morgan fingerprint density at radius 2 is 1.86 bits per heavy atom. The molecular formula is C17H11BrClNO. The molecule has 0 unspecified atom stereocenters. The van der Waals surface area contributed by atoms with Gasteiger partial charge in [-0.2, -0.15) is 0 Å². The molecular weight excluding hydrogens is 350 g/mol. The van der Waals surface area contributed by atoms with Crippen LogP contribution in [0.2, 0.25) is 5.02 Å². The fourth-order valence-electron chi connectivity index (χ4n) is 2.19. The number of pyridine rings is 1. The SMILES string of the molecule is O=C(Cc1cc(Cl)c2ccc(Br)cc2n1)c1ccccc1. The van der Waals surface area contributed by atoms with Crippen LogP contribution in [0.4, 0.5) is 0 Å². The smallest absolute Gasteiger partial charge is 0.168 e. The Kier molecular flexibility index (Phi) is 4.04. The zero-order chi connectivity index (χ0) is 14.8. The van der Waals surface area contributed by atoms with E-state index in [9.17, 15) is 4.79 Å². The number of halogens is 2. The van der Waals surface area contributed by atoms with E-state index < -0.39 is 0 Å². The summed E-state index contributed by atoms with van der Waals surface area (Å²) in [5.41, 5.74) is 2.15. The van der Waals surface area contributed by atoms with Crippen molar-refractivity contribution in [3.8, 4) is 0 Å². The third kappa shape index (κ3) is 3.14. The zero-order valence-corrected chi connectivity index (χ0v) is 13.4. The Labute approximate surface area is 135 Å².